The number of unbranched alkanes of at least 4 members (excludes halogenated alkanes) is 1. The molecule has 0 aromatic heterocycles. The van der Waals surface area contributed by atoms with E-state index in [-0.39, 0.29) is 17.5 Å². The first-order valence-corrected chi connectivity index (χ1v) is 10.9. The van der Waals surface area contributed by atoms with Crippen molar-refractivity contribution in [3.05, 3.63) is 29.3 Å². The Hall–Kier alpha value is -1.51. The normalized spacial score (nSPS) is 34.3. The summed E-state index contributed by atoms with van der Waals surface area (Å²) in [6.07, 6.45) is 9.79. The number of carbonyl (C=O) groups is 1. The van der Waals surface area contributed by atoms with E-state index >= 15 is 0 Å². The number of ether oxygens (including phenoxy) is 2. The molecular formula is C24H34O3. The third-order valence-corrected chi connectivity index (χ3v) is 7.85. The minimum absolute atomic E-state index is 0.0203. The van der Waals surface area contributed by atoms with Gasteiger partial charge in [0.2, 0.25) is 0 Å². The standard InChI is InChI=1S/C24H34O3/c1-4-5-6-23(25)27-22-12-11-21-20-9-7-16-15-17(26-3)8-10-18(16)19(20)13-14-24(21,22)2/h8,10,15,19-22H,4-7,9,11-14H2,1-3H3/t19-,20-,21+,22+,24+/m1/s1. The number of hydrogen-bond acceptors (Lipinski definition) is 3. The zero-order chi connectivity index (χ0) is 19.0. The number of rotatable bonds is 5. The van der Waals surface area contributed by atoms with Gasteiger partial charge in [0, 0.05) is 11.8 Å². The molecule has 1 aromatic rings. The summed E-state index contributed by atoms with van der Waals surface area (Å²) in [7, 11) is 1.75. The van der Waals surface area contributed by atoms with Crippen LogP contribution in [-0.4, -0.2) is 19.2 Å². The highest BCUT2D eigenvalue weighted by Crippen LogP contribution is 2.61. The topological polar surface area (TPSA) is 35.5 Å². The largest absolute Gasteiger partial charge is 0.497 e. The number of aryl methyl sites for hydroxylation is 1. The van der Waals surface area contributed by atoms with E-state index < -0.39 is 0 Å². The van der Waals surface area contributed by atoms with Crippen molar-refractivity contribution in [1.29, 1.82) is 0 Å². The van der Waals surface area contributed by atoms with E-state index in [1.807, 2.05) is 0 Å². The van der Waals surface area contributed by atoms with Gasteiger partial charge in [0.25, 0.3) is 0 Å². The molecule has 1 aromatic carbocycles. The van der Waals surface area contributed by atoms with Gasteiger partial charge in [-0.15, -0.1) is 0 Å². The quantitative estimate of drug-likeness (QED) is 0.628. The van der Waals surface area contributed by atoms with Crippen LogP contribution in [0.5, 0.6) is 5.75 Å². The fourth-order valence-electron chi connectivity index (χ4n) is 6.37. The molecule has 4 rings (SSSR count). The van der Waals surface area contributed by atoms with E-state index in [2.05, 4.69) is 32.0 Å². The molecule has 3 aliphatic rings. The summed E-state index contributed by atoms with van der Waals surface area (Å²) in [6.45, 7) is 4.53. The Morgan fingerprint density at radius 3 is 2.85 bits per heavy atom. The summed E-state index contributed by atoms with van der Waals surface area (Å²) < 4.78 is 11.4. The Kier molecular flexibility index (Phi) is 5.22. The summed E-state index contributed by atoms with van der Waals surface area (Å²) in [5.41, 5.74) is 3.21. The first-order chi connectivity index (χ1) is 13.1. The van der Waals surface area contributed by atoms with Crippen LogP contribution in [0.2, 0.25) is 0 Å². The van der Waals surface area contributed by atoms with Crippen LogP contribution < -0.4 is 4.74 Å². The molecule has 3 nitrogen and oxygen atoms in total. The highest BCUT2D eigenvalue weighted by molar-refractivity contribution is 5.69. The third kappa shape index (κ3) is 3.28. The molecule has 2 saturated carbocycles. The van der Waals surface area contributed by atoms with Crippen molar-refractivity contribution >= 4 is 5.97 Å². The van der Waals surface area contributed by atoms with Gasteiger partial charge in [-0.05, 0) is 86.0 Å². The van der Waals surface area contributed by atoms with Crippen LogP contribution in [-0.2, 0) is 16.0 Å². The summed E-state index contributed by atoms with van der Waals surface area (Å²) in [5, 5.41) is 0. The molecule has 2 fully saturated rings. The van der Waals surface area contributed by atoms with Crippen LogP contribution in [0, 0.1) is 17.3 Å². The van der Waals surface area contributed by atoms with Crippen molar-refractivity contribution in [1.82, 2.24) is 0 Å². The van der Waals surface area contributed by atoms with Gasteiger partial charge in [0.05, 0.1) is 7.11 Å². The lowest BCUT2D eigenvalue weighted by molar-refractivity contribution is -0.157. The van der Waals surface area contributed by atoms with Gasteiger partial charge in [-0.3, -0.25) is 4.79 Å². The van der Waals surface area contributed by atoms with Crippen LogP contribution in [0.4, 0.5) is 0 Å². The van der Waals surface area contributed by atoms with Gasteiger partial charge in [0.1, 0.15) is 11.9 Å². The maximum atomic E-state index is 12.2. The second kappa shape index (κ2) is 7.48. The lowest BCUT2D eigenvalue weighted by Crippen LogP contribution is -2.45. The number of benzene rings is 1. The first kappa shape index (κ1) is 18.8. The molecule has 0 N–H and O–H groups in total. The molecule has 0 unspecified atom stereocenters. The zero-order valence-electron chi connectivity index (χ0n) is 17.1. The van der Waals surface area contributed by atoms with E-state index in [9.17, 15) is 4.79 Å². The molecule has 0 saturated heterocycles. The molecule has 0 aliphatic heterocycles. The van der Waals surface area contributed by atoms with Gasteiger partial charge in [-0.25, -0.2) is 0 Å². The molecule has 3 aliphatic carbocycles. The molecular weight excluding hydrogens is 336 g/mol. The number of hydrogen-bond donors (Lipinski definition) is 0. The number of esters is 1. The Morgan fingerprint density at radius 1 is 1.22 bits per heavy atom. The Bertz CT molecular complexity index is 697. The summed E-state index contributed by atoms with van der Waals surface area (Å²) >= 11 is 0. The Balaban J connectivity index is 1.51. The molecule has 0 radical (unpaired) electrons. The summed E-state index contributed by atoms with van der Waals surface area (Å²) in [4.78, 5) is 12.2. The Labute approximate surface area is 163 Å². The fourth-order valence-corrected chi connectivity index (χ4v) is 6.37. The summed E-state index contributed by atoms with van der Waals surface area (Å²) in [5.74, 6) is 3.10. The Morgan fingerprint density at radius 2 is 2.07 bits per heavy atom. The second-order valence-corrected chi connectivity index (χ2v) is 9.18. The lowest BCUT2D eigenvalue weighted by atomic mass is 9.55. The molecule has 0 spiro atoms. The molecule has 0 heterocycles. The predicted molar refractivity (Wildman–Crippen MR) is 107 cm³/mol. The van der Waals surface area contributed by atoms with Crippen molar-refractivity contribution in [3.63, 3.8) is 0 Å². The minimum atomic E-state index is 0.0203. The molecule has 148 valence electrons. The zero-order valence-corrected chi connectivity index (χ0v) is 17.1. The average Bonchev–Trinajstić information content (AvgIpc) is 3.02. The minimum Gasteiger partial charge on any atom is -0.497 e. The number of methoxy groups -OCH3 is 1. The average molecular weight is 371 g/mol. The number of fused-ring (bicyclic) bond motifs is 5. The number of carbonyl (C=O) groups excluding carboxylic acids is 1. The maximum absolute atomic E-state index is 12.2. The van der Waals surface area contributed by atoms with Crippen molar-refractivity contribution in [2.24, 2.45) is 17.3 Å². The monoisotopic (exact) mass is 370 g/mol. The van der Waals surface area contributed by atoms with Gasteiger partial charge >= 0.3 is 5.97 Å². The van der Waals surface area contributed by atoms with Crippen LogP contribution in [0.25, 0.3) is 0 Å². The van der Waals surface area contributed by atoms with Crippen molar-refractivity contribution in [2.45, 2.75) is 83.7 Å². The predicted octanol–water partition coefficient (Wildman–Crippen LogP) is 5.65. The van der Waals surface area contributed by atoms with Crippen molar-refractivity contribution in [3.8, 4) is 5.75 Å². The smallest absolute Gasteiger partial charge is 0.306 e. The molecule has 0 amide bonds. The van der Waals surface area contributed by atoms with Gasteiger partial charge in [0.15, 0.2) is 0 Å². The fraction of sp³-hybridized carbons (Fsp3) is 0.708. The van der Waals surface area contributed by atoms with Crippen LogP contribution in [0.1, 0.15) is 82.3 Å². The van der Waals surface area contributed by atoms with E-state index in [0.717, 1.165) is 37.4 Å². The van der Waals surface area contributed by atoms with Crippen molar-refractivity contribution < 1.29 is 14.3 Å². The van der Waals surface area contributed by atoms with Crippen LogP contribution in [0.15, 0.2) is 18.2 Å². The van der Waals surface area contributed by atoms with E-state index in [4.69, 9.17) is 9.47 Å². The van der Waals surface area contributed by atoms with Gasteiger partial charge in [-0.1, -0.05) is 26.3 Å². The van der Waals surface area contributed by atoms with Gasteiger partial charge in [-0.2, -0.15) is 0 Å². The highest BCUT2D eigenvalue weighted by Gasteiger charge is 2.56. The molecule has 3 heteroatoms. The molecule has 27 heavy (non-hydrogen) atoms. The van der Waals surface area contributed by atoms with E-state index in [0.29, 0.717) is 18.3 Å². The third-order valence-electron chi connectivity index (χ3n) is 7.85. The summed E-state index contributed by atoms with van der Waals surface area (Å²) in [6, 6.07) is 6.68. The van der Waals surface area contributed by atoms with Crippen molar-refractivity contribution in [2.75, 3.05) is 7.11 Å². The maximum Gasteiger partial charge on any atom is 0.306 e. The van der Waals surface area contributed by atoms with E-state index in [1.54, 1.807) is 12.7 Å². The van der Waals surface area contributed by atoms with E-state index in [1.165, 1.54) is 31.2 Å². The second-order valence-electron chi connectivity index (χ2n) is 9.18. The van der Waals surface area contributed by atoms with Gasteiger partial charge < -0.3 is 9.47 Å². The SMILES string of the molecule is CCCCC(=O)O[C@H]1CC[C@H]2[C@@H]3CCc4cc(OC)ccc4[C@H]3CC[C@]12C. The lowest BCUT2D eigenvalue weighted by Gasteiger charge is -2.50. The van der Waals surface area contributed by atoms with Crippen LogP contribution >= 0.6 is 0 Å². The molecule has 0 bridgehead atoms. The first-order valence-electron chi connectivity index (χ1n) is 10.9. The van der Waals surface area contributed by atoms with Crippen LogP contribution in [0.3, 0.4) is 0 Å². The highest BCUT2D eigenvalue weighted by atomic mass is 16.5. The molecule has 5 atom stereocenters.